The number of rotatable bonds is 6. The highest BCUT2D eigenvalue weighted by Gasteiger charge is 2.08. The zero-order chi connectivity index (χ0) is 14.5. The minimum absolute atomic E-state index is 0.614. The predicted octanol–water partition coefficient (Wildman–Crippen LogP) is 4.30. The summed E-state index contributed by atoms with van der Waals surface area (Å²) in [7, 11) is 0. The molecule has 0 amide bonds. The summed E-state index contributed by atoms with van der Waals surface area (Å²) in [6.07, 6.45) is 0.888. The second-order valence-electron chi connectivity index (χ2n) is 5.01. The highest BCUT2D eigenvalue weighted by atomic mass is 35.5. The summed E-state index contributed by atoms with van der Waals surface area (Å²) in [5, 5.41) is 14.9. The lowest BCUT2D eigenvalue weighted by Crippen LogP contribution is -2.22. The summed E-state index contributed by atoms with van der Waals surface area (Å²) >= 11 is 13.6. The monoisotopic (exact) mass is 329 g/mol. The van der Waals surface area contributed by atoms with Gasteiger partial charge in [0.05, 0.1) is 0 Å². The molecule has 20 heavy (non-hydrogen) atoms. The predicted molar refractivity (Wildman–Crippen MR) is 86.8 cm³/mol. The lowest BCUT2D eigenvalue weighted by Gasteiger charge is -2.05. The lowest BCUT2D eigenvalue weighted by molar-refractivity contribution is 0.553. The van der Waals surface area contributed by atoms with Crippen LogP contribution in [-0.2, 0) is 6.42 Å². The van der Waals surface area contributed by atoms with E-state index in [2.05, 4.69) is 29.4 Å². The molecule has 1 N–H and O–H groups in total. The normalized spacial score (nSPS) is 11.2. The number of halogens is 2. The molecule has 0 saturated heterocycles. The van der Waals surface area contributed by atoms with E-state index >= 15 is 0 Å². The molecule has 1 heterocycles. The quantitative estimate of drug-likeness (QED) is 0.803. The van der Waals surface area contributed by atoms with Gasteiger partial charge in [-0.15, -0.1) is 10.2 Å². The van der Waals surface area contributed by atoms with Crippen LogP contribution in [0.5, 0.6) is 0 Å². The zero-order valence-corrected chi connectivity index (χ0v) is 13.8. The topological polar surface area (TPSA) is 37.8 Å². The molecule has 1 aromatic carbocycles. The summed E-state index contributed by atoms with van der Waals surface area (Å²) in [4.78, 5) is 0. The van der Waals surface area contributed by atoms with Gasteiger partial charge in [-0.05, 0) is 30.7 Å². The van der Waals surface area contributed by atoms with Crippen LogP contribution in [-0.4, -0.2) is 23.3 Å². The van der Waals surface area contributed by atoms with Crippen LogP contribution in [0.2, 0.25) is 10.0 Å². The van der Waals surface area contributed by atoms with E-state index in [1.807, 2.05) is 12.1 Å². The smallest absolute Gasteiger partial charge is 0.147 e. The van der Waals surface area contributed by atoms with Crippen LogP contribution in [0.25, 0.3) is 10.6 Å². The molecule has 2 aromatic rings. The van der Waals surface area contributed by atoms with Gasteiger partial charge in [-0.2, -0.15) is 0 Å². The summed E-state index contributed by atoms with van der Waals surface area (Å²) in [6.45, 7) is 6.33. The summed E-state index contributed by atoms with van der Waals surface area (Å²) in [5.41, 5.74) is 0.918. The highest BCUT2D eigenvalue weighted by Crippen LogP contribution is 2.29. The van der Waals surface area contributed by atoms with Crippen molar-refractivity contribution in [1.82, 2.24) is 15.5 Å². The fourth-order valence-electron chi connectivity index (χ4n) is 1.73. The average molecular weight is 330 g/mol. The van der Waals surface area contributed by atoms with Crippen LogP contribution in [0, 0.1) is 5.92 Å². The van der Waals surface area contributed by atoms with Gasteiger partial charge in [0.2, 0.25) is 0 Å². The largest absolute Gasteiger partial charge is 0.316 e. The molecule has 3 nitrogen and oxygen atoms in total. The number of benzene rings is 1. The Balaban J connectivity index is 1.98. The third-order valence-corrected chi connectivity index (χ3v) is 4.11. The Bertz CT molecular complexity index is 549. The van der Waals surface area contributed by atoms with Crippen molar-refractivity contribution in [2.75, 3.05) is 13.1 Å². The van der Waals surface area contributed by atoms with Crippen molar-refractivity contribution in [3.8, 4) is 10.6 Å². The van der Waals surface area contributed by atoms with Gasteiger partial charge in [0.25, 0.3) is 0 Å². The summed E-state index contributed by atoms with van der Waals surface area (Å²) < 4.78 is 0. The van der Waals surface area contributed by atoms with Crippen molar-refractivity contribution in [3.05, 3.63) is 33.3 Å². The molecule has 0 saturated carbocycles. The second-order valence-corrected chi connectivity index (χ2v) is 6.94. The molecule has 0 aliphatic heterocycles. The van der Waals surface area contributed by atoms with Crippen LogP contribution in [0.15, 0.2) is 18.2 Å². The molecule has 0 radical (unpaired) electrons. The minimum Gasteiger partial charge on any atom is -0.316 e. The first-order chi connectivity index (χ1) is 9.54. The van der Waals surface area contributed by atoms with Crippen molar-refractivity contribution >= 4 is 34.5 Å². The molecule has 0 aliphatic carbocycles. The van der Waals surface area contributed by atoms with E-state index in [0.717, 1.165) is 35.1 Å². The van der Waals surface area contributed by atoms with E-state index < -0.39 is 0 Å². The highest BCUT2D eigenvalue weighted by molar-refractivity contribution is 7.14. The molecule has 0 aliphatic rings. The maximum atomic E-state index is 6.00. The van der Waals surface area contributed by atoms with Gasteiger partial charge in [0.1, 0.15) is 10.0 Å². The second kappa shape index (κ2) is 7.36. The van der Waals surface area contributed by atoms with E-state index in [1.54, 1.807) is 17.4 Å². The summed E-state index contributed by atoms with van der Waals surface area (Å²) in [5.74, 6) is 0.661. The number of hydrogen-bond donors (Lipinski definition) is 1. The SMILES string of the molecule is CC(C)CNCCc1nnc(-c2cc(Cl)cc(Cl)c2)s1. The van der Waals surface area contributed by atoms with Crippen LogP contribution in [0.3, 0.4) is 0 Å². The molecule has 0 bridgehead atoms. The van der Waals surface area contributed by atoms with E-state index in [4.69, 9.17) is 23.2 Å². The maximum absolute atomic E-state index is 6.00. The van der Waals surface area contributed by atoms with Gasteiger partial charge in [0.15, 0.2) is 0 Å². The van der Waals surface area contributed by atoms with Crippen molar-refractivity contribution in [2.45, 2.75) is 20.3 Å². The van der Waals surface area contributed by atoms with Gasteiger partial charge in [-0.3, -0.25) is 0 Å². The van der Waals surface area contributed by atoms with Crippen molar-refractivity contribution in [3.63, 3.8) is 0 Å². The third kappa shape index (κ3) is 4.70. The number of nitrogens with zero attached hydrogens (tertiary/aromatic N) is 2. The van der Waals surface area contributed by atoms with Crippen LogP contribution < -0.4 is 5.32 Å². The first-order valence-electron chi connectivity index (χ1n) is 6.54. The Morgan fingerprint density at radius 1 is 1.15 bits per heavy atom. The Labute approximate surface area is 133 Å². The molecule has 108 valence electrons. The van der Waals surface area contributed by atoms with Gasteiger partial charge in [-0.1, -0.05) is 48.4 Å². The number of aromatic nitrogens is 2. The summed E-state index contributed by atoms with van der Waals surface area (Å²) in [6, 6.07) is 5.42. The maximum Gasteiger partial charge on any atom is 0.147 e. The van der Waals surface area contributed by atoms with Crippen LogP contribution in [0.1, 0.15) is 18.9 Å². The van der Waals surface area contributed by atoms with Gasteiger partial charge < -0.3 is 5.32 Å². The molecule has 0 atom stereocenters. The van der Waals surface area contributed by atoms with Crippen LogP contribution >= 0.6 is 34.5 Å². The van der Waals surface area contributed by atoms with Gasteiger partial charge >= 0.3 is 0 Å². The van der Waals surface area contributed by atoms with Gasteiger partial charge in [0, 0.05) is 28.6 Å². The van der Waals surface area contributed by atoms with Gasteiger partial charge in [-0.25, -0.2) is 0 Å². The zero-order valence-electron chi connectivity index (χ0n) is 11.5. The molecule has 0 spiro atoms. The van der Waals surface area contributed by atoms with E-state index in [0.29, 0.717) is 16.0 Å². The molecular weight excluding hydrogens is 313 g/mol. The first kappa shape index (κ1) is 15.7. The van der Waals surface area contributed by atoms with Crippen molar-refractivity contribution < 1.29 is 0 Å². The van der Waals surface area contributed by atoms with Crippen molar-refractivity contribution in [1.29, 1.82) is 0 Å². The minimum atomic E-state index is 0.614. The Morgan fingerprint density at radius 2 is 1.85 bits per heavy atom. The lowest BCUT2D eigenvalue weighted by atomic mass is 10.2. The van der Waals surface area contributed by atoms with E-state index in [1.165, 1.54) is 0 Å². The molecular formula is C14H17Cl2N3S. The standard InChI is InChI=1S/C14H17Cl2N3S/c1-9(2)8-17-4-3-13-18-19-14(20-13)10-5-11(15)7-12(16)6-10/h5-7,9,17H,3-4,8H2,1-2H3. The number of nitrogens with one attached hydrogen (secondary N) is 1. The van der Waals surface area contributed by atoms with Crippen molar-refractivity contribution in [2.24, 2.45) is 5.92 Å². The number of hydrogen-bond acceptors (Lipinski definition) is 4. The van der Waals surface area contributed by atoms with Crippen LogP contribution in [0.4, 0.5) is 0 Å². The fraction of sp³-hybridized carbons (Fsp3) is 0.429. The Hall–Kier alpha value is -0.680. The Morgan fingerprint density at radius 3 is 2.50 bits per heavy atom. The third-order valence-electron chi connectivity index (χ3n) is 2.64. The molecule has 6 heteroatoms. The fourth-order valence-corrected chi connectivity index (χ4v) is 3.09. The molecule has 0 unspecified atom stereocenters. The Kier molecular flexibility index (Phi) is 5.78. The van der Waals surface area contributed by atoms with E-state index in [-0.39, 0.29) is 0 Å². The average Bonchev–Trinajstić information content (AvgIpc) is 2.82. The first-order valence-corrected chi connectivity index (χ1v) is 8.11. The molecule has 2 rings (SSSR count). The molecule has 1 aromatic heterocycles. The van der Waals surface area contributed by atoms with E-state index in [9.17, 15) is 0 Å². The molecule has 0 fully saturated rings.